The topological polar surface area (TPSA) is 55.1 Å². The highest BCUT2D eigenvalue weighted by Gasteiger charge is 2.30. The minimum Gasteiger partial charge on any atom is -0.397 e. The highest BCUT2D eigenvalue weighted by molar-refractivity contribution is 8.00. The zero-order chi connectivity index (χ0) is 15.0. The summed E-state index contributed by atoms with van der Waals surface area (Å²) >= 11 is 3.13. The van der Waals surface area contributed by atoms with E-state index in [1.54, 1.807) is 12.1 Å². The van der Waals surface area contributed by atoms with Crippen molar-refractivity contribution in [2.45, 2.75) is 24.5 Å². The molecule has 0 bridgehead atoms. The zero-order valence-corrected chi connectivity index (χ0v) is 13.4. The molecule has 3 N–H and O–H groups in total. The number of fused-ring (bicyclic) bond motifs is 1. The van der Waals surface area contributed by atoms with Gasteiger partial charge in [-0.05, 0) is 37.7 Å². The van der Waals surface area contributed by atoms with E-state index in [0.29, 0.717) is 21.5 Å². The van der Waals surface area contributed by atoms with Crippen molar-refractivity contribution in [1.82, 2.24) is 5.32 Å². The Hall–Kier alpha value is -1.27. The number of thiophene rings is 1. The molecule has 2 heterocycles. The maximum atomic E-state index is 13.8. The predicted molar refractivity (Wildman–Crippen MR) is 88.6 cm³/mol. The molecule has 3 rings (SSSR count). The molecule has 1 fully saturated rings. The summed E-state index contributed by atoms with van der Waals surface area (Å²) in [5, 5.41) is 3.31. The third-order valence-corrected chi connectivity index (χ3v) is 6.54. The molecule has 112 valence electrons. The number of benzene rings is 1. The average Bonchev–Trinajstić information content (AvgIpc) is 3.02. The second kappa shape index (κ2) is 5.50. The Kier molecular flexibility index (Phi) is 3.84. The van der Waals surface area contributed by atoms with E-state index in [0.717, 1.165) is 12.2 Å². The lowest BCUT2D eigenvalue weighted by molar-refractivity contribution is 0.0955. The Morgan fingerprint density at radius 3 is 3.00 bits per heavy atom. The summed E-state index contributed by atoms with van der Waals surface area (Å²) in [6.45, 7) is 2.78. The van der Waals surface area contributed by atoms with Crippen molar-refractivity contribution in [2.24, 2.45) is 0 Å². The summed E-state index contributed by atoms with van der Waals surface area (Å²) in [5.74, 6) is 0.559. The monoisotopic (exact) mass is 324 g/mol. The number of rotatable bonds is 3. The van der Waals surface area contributed by atoms with E-state index >= 15 is 0 Å². The first kappa shape index (κ1) is 14.7. The maximum Gasteiger partial charge on any atom is 0.263 e. The zero-order valence-electron chi connectivity index (χ0n) is 11.7. The van der Waals surface area contributed by atoms with E-state index < -0.39 is 0 Å². The molecule has 0 spiro atoms. The van der Waals surface area contributed by atoms with Gasteiger partial charge in [0.1, 0.15) is 10.7 Å². The molecule has 1 unspecified atom stereocenters. The second-order valence-electron chi connectivity index (χ2n) is 5.54. The number of carbonyl (C=O) groups is 1. The highest BCUT2D eigenvalue weighted by Crippen LogP contribution is 2.38. The smallest absolute Gasteiger partial charge is 0.263 e. The van der Waals surface area contributed by atoms with Gasteiger partial charge in [0, 0.05) is 16.0 Å². The molecule has 6 heteroatoms. The Bertz CT molecular complexity index is 692. The molecule has 1 saturated heterocycles. The van der Waals surface area contributed by atoms with Crippen LogP contribution < -0.4 is 11.1 Å². The van der Waals surface area contributed by atoms with Gasteiger partial charge in [0.2, 0.25) is 0 Å². The fourth-order valence-electron chi connectivity index (χ4n) is 2.62. The lowest BCUT2D eigenvalue weighted by Crippen LogP contribution is -2.36. The van der Waals surface area contributed by atoms with E-state index in [1.807, 2.05) is 11.8 Å². The Morgan fingerprint density at radius 2 is 2.33 bits per heavy atom. The van der Waals surface area contributed by atoms with Crippen LogP contribution in [0, 0.1) is 5.82 Å². The minimum absolute atomic E-state index is 0.104. The SMILES string of the molecule is CC1(CNC(=O)c2sc3cccc(F)c3c2N)CCCS1. The molecular formula is C15H17FN2OS2. The number of amides is 1. The number of thioether (sulfide) groups is 1. The molecule has 1 aromatic carbocycles. The molecule has 1 aliphatic heterocycles. The van der Waals surface area contributed by atoms with Crippen LogP contribution in [0.2, 0.25) is 0 Å². The van der Waals surface area contributed by atoms with Crippen molar-refractivity contribution in [3.05, 3.63) is 28.9 Å². The third-order valence-electron chi connectivity index (χ3n) is 3.83. The van der Waals surface area contributed by atoms with Crippen LogP contribution in [0.25, 0.3) is 10.1 Å². The molecule has 1 aliphatic rings. The van der Waals surface area contributed by atoms with Gasteiger partial charge >= 0.3 is 0 Å². The van der Waals surface area contributed by atoms with Gasteiger partial charge in [-0.3, -0.25) is 4.79 Å². The lowest BCUT2D eigenvalue weighted by atomic mass is 10.1. The number of anilines is 1. The van der Waals surface area contributed by atoms with Crippen molar-refractivity contribution < 1.29 is 9.18 Å². The fraction of sp³-hybridized carbons (Fsp3) is 0.400. The minimum atomic E-state index is -0.376. The van der Waals surface area contributed by atoms with Gasteiger partial charge in [0.25, 0.3) is 5.91 Å². The lowest BCUT2D eigenvalue weighted by Gasteiger charge is -2.22. The number of halogens is 1. The molecular weight excluding hydrogens is 307 g/mol. The molecule has 0 radical (unpaired) electrons. The normalized spacial score (nSPS) is 21.8. The number of nitrogen functional groups attached to an aromatic ring is 1. The molecule has 21 heavy (non-hydrogen) atoms. The number of hydrogen-bond donors (Lipinski definition) is 2. The number of carbonyl (C=O) groups excluding carboxylic acids is 1. The summed E-state index contributed by atoms with van der Waals surface area (Å²) in [6.07, 6.45) is 2.29. The molecule has 1 atom stereocenters. The Morgan fingerprint density at radius 1 is 1.52 bits per heavy atom. The number of hydrogen-bond acceptors (Lipinski definition) is 4. The first-order valence-corrected chi connectivity index (χ1v) is 8.69. The van der Waals surface area contributed by atoms with Crippen molar-refractivity contribution in [3.63, 3.8) is 0 Å². The van der Waals surface area contributed by atoms with Crippen LogP contribution in [0.3, 0.4) is 0 Å². The standard InChI is InChI=1S/C15H17FN2OS2/c1-15(6-3-7-20-15)8-18-14(19)13-12(17)11-9(16)4-2-5-10(11)21-13/h2,4-5H,3,6-8,17H2,1H3,(H,18,19). The molecule has 3 nitrogen and oxygen atoms in total. The van der Waals surface area contributed by atoms with Gasteiger partial charge in [0.15, 0.2) is 0 Å². The summed E-state index contributed by atoms with van der Waals surface area (Å²) in [7, 11) is 0. The third kappa shape index (κ3) is 2.74. The first-order valence-electron chi connectivity index (χ1n) is 6.89. The van der Waals surface area contributed by atoms with Crippen LogP contribution in [0.1, 0.15) is 29.4 Å². The van der Waals surface area contributed by atoms with Gasteiger partial charge in [0.05, 0.1) is 11.1 Å². The quantitative estimate of drug-likeness (QED) is 0.906. The van der Waals surface area contributed by atoms with Crippen LogP contribution in [-0.4, -0.2) is 23.0 Å². The van der Waals surface area contributed by atoms with E-state index in [2.05, 4.69) is 12.2 Å². The van der Waals surface area contributed by atoms with Crippen molar-refractivity contribution >= 4 is 44.8 Å². The Balaban J connectivity index is 1.82. The van der Waals surface area contributed by atoms with Gasteiger partial charge < -0.3 is 11.1 Å². The fourth-order valence-corrected chi connectivity index (χ4v) is 4.92. The molecule has 1 aromatic heterocycles. The molecule has 2 aromatic rings. The van der Waals surface area contributed by atoms with Gasteiger partial charge in [-0.15, -0.1) is 11.3 Å². The van der Waals surface area contributed by atoms with Crippen LogP contribution in [0.5, 0.6) is 0 Å². The van der Waals surface area contributed by atoms with E-state index in [1.165, 1.54) is 23.8 Å². The van der Waals surface area contributed by atoms with Crippen molar-refractivity contribution in [3.8, 4) is 0 Å². The van der Waals surface area contributed by atoms with Gasteiger partial charge in [-0.25, -0.2) is 4.39 Å². The van der Waals surface area contributed by atoms with Crippen LogP contribution in [-0.2, 0) is 0 Å². The first-order chi connectivity index (χ1) is 10.0. The van der Waals surface area contributed by atoms with E-state index in [4.69, 9.17) is 5.73 Å². The van der Waals surface area contributed by atoms with Gasteiger partial charge in [-0.2, -0.15) is 11.8 Å². The van der Waals surface area contributed by atoms with Crippen molar-refractivity contribution in [1.29, 1.82) is 0 Å². The molecule has 1 amide bonds. The Labute approximate surface area is 131 Å². The largest absolute Gasteiger partial charge is 0.397 e. The van der Waals surface area contributed by atoms with E-state index in [-0.39, 0.29) is 22.2 Å². The number of nitrogens with two attached hydrogens (primary N) is 1. The van der Waals surface area contributed by atoms with Crippen molar-refractivity contribution in [2.75, 3.05) is 18.0 Å². The predicted octanol–water partition coefficient (Wildman–Crippen LogP) is 3.64. The van der Waals surface area contributed by atoms with Crippen LogP contribution >= 0.6 is 23.1 Å². The summed E-state index contributed by atoms with van der Waals surface area (Å²) in [5.41, 5.74) is 6.21. The summed E-state index contributed by atoms with van der Waals surface area (Å²) in [6, 6.07) is 4.78. The average molecular weight is 324 g/mol. The number of nitrogens with one attached hydrogen (secondary N) is 1. The highest BCUT2D eigenvalue weighted by atomic mass is 32.2. The van der Waals surface area contributed by atoms with Gasteiger partial charge in [-0.1, -0.05) is 6.07 Å². The van der Waals surface area contributed by atoms with E-state index in [9.17, 15) is 9.18 Å². The second-order valence-corrected chi connectivity index (χ2v) is 8.28. The van der Waals surface area contributed by atoms with Crippen LogP contribution in [0.4, 0.5) is 10.1 Å². The molecule has 0 saturated carbocycles. The molecule has 0 aliphatic carbocycles. The summed E-state index contributed by atoms with van der Waals surface area (Å²) in [4.78, 5) is 12.7. The van der Waals surface area contributed by atoms with Crippen LogP contribution in [0.15, 0.2) is 18.2 Å². The maximum absolute atomic E-state index is 13.8. The summed E-state index contributed by atoms with van der Waals surface area (Å²) < 4.78 is 14.6.